The van der Waals surface area contributed by atoms with Crippen LogP contribution in [0.4, 0.5) is 0 Å². The van der Waals surface area contributed by atoms with Crippen molar-refractivity contribution >= 4 is 27.8 Å². The molecule has 0 spiro atoms. The highest BCUT2D eigenvalue weighted by Gasteiger charge is 2.66. The lowest BCUT2D eigenvalue weighted by molar-refractivity contribution is -0.140. The molecule has 1 amide bonds. The minimum absolute atomic E-state index is 0.194. The third kappa shape index (κ3) is 2.98. The van der Waals surface area contributed by atoms with Crippen LogP contribution in [0.5, 0.6) is 0 Å². The summed E-state index contributed by atoms with van der Waals surface area (Å²) < 4.78 is 0.975. The number of carbonyl (C=O) groups is 2. The number of benzene rings is 1. The van der Waals surface area contributed by atoms with Crippen LogP contribution in [0.1, 0.15) is 33.3 Å². The summed E-state index contributed by atoms with van der Waals surface area (Å²) in [6.07, 6.45) is 0. The highest BCUT2D eigenvalue weighted by Crippen LogP contribution is 2.58. The lowest BCUT2D eigenvalue weighted by atomic mass is 9.94. The van der Waals surface area contributed by atoms with Crippen molar-refractivity contribution in [2.24, 2.45) is 17.3 Å². The summed E-state index contributed by atoms with van der Waals surface area (Å²) in [5, 5.41) is 12.1. The van der Waals surface area contributed by atoms with Gasteiger partial charge in [-0.25, -0.2) is 0 Å². The number of hydrogen-bond donors (Lipinski definition) is 2. The fourth-order valence-corrected chi connectivity index (χ4v) is 3.18. The normalized spacial score (nSPS) is 23.5. The van der Waals surface area contributed by atoms with E-state index in [1.165, 1.54) is 0 Å². The first-order valence-corrected chi connectivity index (χ1v) is 7.67. The number of carboxylic acid groups (broad SMARTS) is 1. The molecule has 0 aromatic heterocycles. The summed E-state index contributed by atoms with van der Waals surface area (Å²) in [5.41, 5.74) is -0.0463. The van der Waals surface area contributed by atoms with Crippen LogP contribution in [0.3, 0.4) is 0 Å². The van der Waals surface area contributed by atoms with Crippen LogP contribution in [0.25, 0.3) is 0 Å². The van der Waals surface area contributed by atoms with E-state index in [-0.39, 0.29) is 5.91 Å². The Balaban J connectivity index is 2.12. The molecule has 1 fully saturated rings. The fourth-order valence-electron chi connectivity index (χ4n) is 2.91. The molecule has 1 aliphatic rings. The number of amides is 1. The van der Waals surface area contributed by atoms with Gasteiger partial charge >= 0.3 is 5.97 Å². The van der Waals surface area contributed by atoms with Crippen molar-refractivity contribution in [3.63, 3.8) is 0 Å². The zero-order valence-electron chi connectivity index (χ0n) is 12.6. The Kier molecular flexibility index (Phi) is 3.91. The SMILES string of the molecule is CC(C)(NC(=O)C1C(C(=O)O)C1(C)C)c1ccc(Br)cc1. The van der Waals surface area contributed by atoms with Gasteiger partial charge < -0.3 is 10.4 Å². The highest BCUT2D eigenvalue weighted by molar-refractivity contribution is 9.10. The molecular formula is C16H20BrNO3. The maximum absolute atomic E-state index is 12.4. The highest BCUT2D eigenvalue weighted by atomic mass is 79.9. The maximum Gasteiger partial charge on any atom is 0.307 e. The van der Waals surface area contributed by atoms with E-state index in [2.05, 4.69) is 21.2 Å². The second-order valence-corrected chi connectivity index (χ2v) is 7.65. The van der Waals surface area contributed by atoms with E-state index in [0.717, 1.165) is 10.0 Å². The summed E-state index contributed by atoms with van der Waals surface area (Å²) in [6, 6.07) is 7.73. The second kappa shape index (κ2) is 5.13. The Morgan fingerprint density at radius 1 is 1.19 bits per heavy atom. The predicted octanol–water partition coefficient (Wildman–Crippen LogP) is 3.16. The Morgan fingerprint density at radius 3 is 2.14 bits per heavy atom. The van der Waals surface area contributed by atoms with E-state index in [0.29, 0.717) is 0 Å². The topological polar surface area (TPSA) is 66.4 Å². The number of nitrogens with one attached hydrogen (secondary N) is 1. The molecule has 5 heteroatoms. The lowest BCUT2D eigenvalue weighted by Crippen LogP contribution is -2.42. The first kappa shape index (κ1) is 16.0. The first-order chi connectivity index (χ1) is 9.57. The van der Waals surface area contributed by atoms with Crippen LogP contribution in [0.2, 0.25) is 0 Å². The minimum Gasteiger partial charge on any atom is -0.481 e. The minimum atomic E-state index is -0.901. The van der Waals surface area contributed by atoms with Gasteiger partial charge in [0.05, 0.1) is 17.4 Å². The largest absolute Gasteiger partial charge is 0.481 e. The lowest BCUT2D eigenvalue weighted by Gasteiger charge is -2.27. The van der Waals surface area contributed by atoms with Gasteiger partial charge in [-0.2, -0.15) is 0 Å². The van der Waals surface area contributed by atoms with E-state index >= 15 is 0 Å². The molecule has 2 unspecified atom stereocenters. The van der Waals surface area contributed by atoms with Crippen LogP contribution in [-0.4, -0.2) is 17.0 Å². The number of carboxylic acids is 1. The number of rotatable bonds is 4. The second-order valence-electron chi connectivity index (χ2n) is 6.74. The van der Waals surface area contributed by atoms with Crippen molar-refractivity contribution in [2.75, 3.05) is 0 Å². The zero-order chi connectivity index (χ0) is 16.0. The van der Waals surface area contributed by atoms with E-state index < -0.39 is 28.8 Å². The average molecular weight is 354 g/mol. The molecule has 21 heavy (non-hydrogen) atoms. The van der Waals surface area contributed by atoms with E-state index in [1.807, 2.05) is 52.0 Å². The number of carbonyl (C=O) groups excluding carboxylic acids is 1. The van der Waals surface area contributed by atoms with Gasteiger partial charge in [-0.15, -0.1) is 0 Å². The standard InChI is InChI=1S/C16H20BrNO3/c1-15(2)11(12(15)14(20)21)13(19)18-16(3,4)9-5-7-10(17)8-6-9/h5-8,11-12H,1-4H3,(H,18,19)(H,20,21). The average Bonchev–Trinajstić information content (AvgIpc) is 2.92. The Hall–Kier alpha value is -1.36. The van der Waals surface area contributed by atoms with Gasteiger partial charge in [0, 0.05) is 4.47 Å². The molecule has 1 aromatic carbocycles. The summed E-state index contributed by atoms with van der Waals surface area (Å²) in [5.74, 6) is -2.16. The summed E-state index contributed by atoms with van der Waals surface area (Å²) in [4.78, 5) is 23.6. The fraction of sp³-hybridized carbons (Fsp3) is 0.500. The third-order valence-corrected chi connectivity index (χ3v) is 4.91. The molecule has 1 aromatic rings. The molecule has 0 radical (unpaired) electrons. The number of hydrogen-bond acceptors (Lipinski definition) is 2. The van der Waals surface area contributed by atoms with E-state index in [9.17, 15) is 9.59 Å². The number of aliphatic carboxylic acids is 1. The van der Waals surface area contributed by atoms with Gasteiger partial charge in [0.15, 0.2) is 0 Å². The first-order valence-electron chi connectivity index (χ1n) is 6.88. The molecule has 4 nitrogen and oxygen atoms in total. The van der Waals surface area contributed by atoms with Crippen LogP contribution >= 0.6 is 15.9 Å². The van der Waals surface area contributed by atoms with Crippen molar-refractivity contribution in [1.82, 2.24) is 5.32 Å². The Labute approximate surface area is 133 Å². The monoisotopic (exact) mass is 353 g/mol. The molecule has 0 bridgehead atoms. The maximum atomic E-state index is 12.4. The molecule has 0 saturated heterocycles. The van der Waals surface area contributed by atoms with Crippen molar-refractivity contribution in [3.8, 4) is 0 Å². The molecular weight excluding hydrogens is 334 g/mol. The van der Waals surface area contributed by atoms with Crippen molar-refractivity contribution in [2.45, 2.75) is 33.2 Å². The van der Waals surface area contributed by atoms with Gasteiger partial charge in [0.2, 0.25) is 5.91 Å². The van der Waals surface area contributed by atoms with Gasteiger partial charge in [0.25, 0.3) is 0 Å². The van der Waals surface area contributed by atoms with Gasteiger partial charge in [-0.1, -0.05) is 41.9 Å². The third-order valence-electron chi connectivity index (χ3n) is 4.38. The molecule has 1 aliphatic carbocycles. The van der Waals surface area contributed by atoms with E-state index in [4.69, 9.17) is 5.11 Å². The van der Waals surface area contributed by atoms with Crippen LogP contribution in [-0.2, 0) is 15.1 Å². The van der Waals surface area contributed by atoms with E-state index in [1.54, 1.807) is 0 Å². The quantitative estimate of drug-likeness (QED) is 0.873. The predicted molar refractivity (Wildman–Crippen MR) is 83.7 cm³/mol. The Bertz CT molecular complexity index is 578. The van der Waals surface area contributed by atoms with Crippen LogP contribution in [0, 0.1) is 17.3 Å². The molecule has 0 aliphatic heterocycles. The molecule has 1 saturated carbocycles. The van der Waals surface area contributed by atoms with Gasteiger partial charge in [-0.05, 0) is 37.0 Å². The number of halogens is 1. The van der Waals surface area contributed by atoms with Gasteiger partial charge in [0.1, 0.15) is 0 Å². The summed E-state index contributed by atoms with van der Waals surface area (Å²) in [6.45, 7) is 7.48. The summed E-state index contributed by atoms with van der Waals surface area (Å²) in [7, 11) is 0. The molecule has 114 valence electrons. The van der Waals surface area contributed by atoms with Gasteiger partial charge in [-0.3, -0.25) is 9.59 Å². The summed E-state index contributed by atoms with van der Waals surface area (Å²) >= 11 is 3.38. The molecule has 2 rings (SSSR count). The van der Waals surface area contributed by atoms with Crippen molar-refractivity contribution in [3.05, 3.63) is 34.3 Å². The smallest absolute Gasteiger partial charge is 0.307 e. The Morgan fingerprint density at radius 2 is 1.71 bits per heavy atom. The van der Waals surface area contributed by atoms with Crippen molar-refractivity contribution < 1.29 is 14.7 Å². The molecule has 2 atom stereocenters. The van der Waals surface area contributed by atoms with Crippen LogP contribution < -0.4 is 5.32 Å². The molecule has 2 N–H and O–H groups in total. The van der Waals surface area contributed by atoms with Crippen LogP contribution in [0.15, 0.2) is 28.7 Å². The zero-order valence-corrected chi connectivity index (χ0v) is 14.2. The van der Waals surface area contributed by atoms with Crippen molar-refractivity contribution in [1.29, 1.82) is 0 Å². The molecule has 0 heterocycles.